The van der Waals surface area contributed by atoms with Crippen molar-refractivity contribution in [2.24, 2.45) is 34.5 Å². The van der Waals surface area contributed by atoms with Crippen molar-refractivity contribution in [3.05, 3.63) is 37.0 Å². The standard InChI is InChI=1S/C23H36.2C2H6.C2H4/c1-5-17-8-10-20-19-9-7-18-15-16(3)11-14-23(18,6-2)21(19)12-13-22(17,20)4;3*1-2/h15,17,19-21H,3,5-14H2,1-2,4H3;2*1-2H3;1-2H2/t17?,19?,20?,21?,22-,23+;;;/m1.../s1. The molecule has 0 amide bonds. The lowest BCUT2D eigenvalue weighted by Crippen LogP contribution is -2.51. The summed E-state index contributed by atoms with van der Waals surface area (Å²) in [4.78, 5) is 0. The molecule has 3 fully saturated rings. The molecule has 0 aromatic heterocycles. The summed E-state index contributed by atoms with van der Waals surface area (Å²) in [5, 5.41) is 0. The zero-order valence-electron chi connectivity index (χ0n) is 21.1. The molecular formula is C29H52. The summed E-state index contributed by atoms with van der Waals surface area (Å²) in [5.74, 6) is 4.04. The Hall–Kier alpha value is -0.780. The van der Waals surface area contributed by atoms with Gasteiger partial charge in [-0.15, -0.1) is 13.2 Å². The Morgan fingerprint density at radius 3 is 2.14 bits per heavy atom. The van der Waals surface area contributed by atoms with Crippen LogP contribution in [0.1, 0.15) is 113 Å². The zero-order valence-corrected chi connectivity index (χ0v) is 21.1. The molecule has 0 heterocycles. The van der Waals surface area contributed by atoms with E-state index < -0.39 is 0 Å². The number of fused-ring (bicyclic) bond motifs is 5. The maximum atomic E-state index is 4.28. The van der Waals surface area contributed by atoms with Crippen molar-refractivity contribution in [1.82, 2.24) is 0 Å². The first-order chi connectivity index (χ1) is 14.0. The highest BCUT2D eigenvalue weighted by atomic mass is 14.6. The Morgan fingerprint density at radius 2 is 1.55 bits per heavy atom. The molecule has 4 rings (SSSR count). The highest BCUT2D eigenvalue weighted by Crippen LogP contribution is 2.68. The predicted octanol–water partition coefficient (Wildman–Crippen LogP) is 9.78. The molecule has 168 valence electrons. The van der Waals surface area contributed by atoms with Crippen LogP contribution < -0.4 is 0 Å². The molecule has 4 unspecified atom stereocenters. The van der Waals surface area contributed by atoms with Crippen molar-refractivity contribution in [2.45, 2.75) is 113 Å². The van der Waals surface area contributed by atoms with Crippen LogP contribution in [0.3, 0.4) is 0 Å². The van der Waals surface area contributed by atoms with Crippen LogP contribution in [0.25, 0.3) is 0 Å². The number of allylic oxidation sites excluding steroid dienone is 3. The zero-order chi connectivity index (χ0) is 22.2. The molecule has 0 aliphatic heterocycles. The molecule has 0 nitrogen and oxygen atoms in total. The molecule has 0 N–H and O–H groups in total. The van der Waals surface area contributed by atoms with Crippen LogP contribution in [0, 0.1) is 34.5 Å². The van der Waals surface area contributed by atoms with E-state index in [0.29, 0.717) is 10.8 Å². The van der Waals surface area contributed by atoms with E-state index in [4.69, 9.17) is 0 Å². The number of hydrogen-bond acceptors (Lipinski definition) is 0. The fraction of sp³-hybridized carbons (Fsp3) is 0.793. The van der Waals surface area contributed by atoms with E-state index in [1.807, 2.05) is 27.7 Å². The third-order valence-electron chi connectivity index (χ3n) is 9.12. The van der Waals surface area contributed by atoms with Gasteiger partial charge in [0, 0.05) is 0 Å². The number of rotatable bonds is 2. The molecule has 4 aliphatic rings. The summed E-state index contributed by atoms with van der Waals surface area (Å²) < 4.78 is 0. The van der Waals surface area contributed by atoms with Gasteiger partial charge in [0.05, 0.1) is 0 Å². The Kier molecular flexibility index (Phi) is 10.5. The van der Waals surface area contributed by atoms with E-state index >= 15 is 0 Å². The molecule has 6 atom stereocenters. The lowest BCUT2D eigenvalue weighted by molar-refractivity contribution is -0.0576. The summed E-state index contributed by atoms with van der Waals surface area (Å²) in [6.07, 6.45) is 16.8. The second-order valence-electron chi connectivity index (χ2n) is 9.48. The Morgan fingerprint density at radius 1 is 0.897 bits per heavy atom. The van der Waals surface area contributed by atoms with Crippen LogP contribution in [0.2, 0.25) is 0 Å². The highest BCUT2D eigenvalue weighted by molar-refractivity contribution is 5.34. The molecule has 0 aromatic rings. The van der Waals surface area contributed by atoms with Gasteiger partial charge in [0.25, 0.3) is 0 Å². The first-order valence-electron chi connectivity index (χ1n) is 12.9. The van der Waals surface area contributed by atoms with Crippen molar-refractivity contribution >= 4 is 0 Å². The van der Waals surface area contributed by atoms with Crippen molar-refractivity contribution in [3.63, 3.8) is 0 Å². The predicted molar refractivity (Wildman–Crippen MR) is 133 cm³/mol. The van der Waals surface area contributed by atoms with Crippen molar-refractivity contribution in [2.75, 3.05) is 0 Å². The Labute approximate surface area is 184 Å². The normalized spacial score (nSPS) is 39.6. The molecule has 4 aliphatic carbocycles. The van der Waals surface area contributed by atoms with Crippen LogP contribution in [0.4, 0.5) is 0 Å². The van der Waals surface area contributed by atoms with Gasteiger partial charge in [0.2, 0.25) is 0 Å². The molecule has 0 bridgehead atoms. The SMILES string of the molecule is C=C.C=C1C=C2CCC3C(CC[C@]4(C)C(CC)CCC34)[C@@]2(CC)CC1.CC.CC. The maximum absolute atomic E-state index is 4.28. The van der Waals surface area contributed by atoms with E-state index in [-0.39, 0.29) is 0 Å². The van der Waals surface area contributed by atoms with Gasteiger partial charge in [-0.25, -0.2) is 0 Å². The smallest absolute Gasteiger partial charge is 0.00534 e. The molecule has 0 heteroatoms. The fourth-order valence-corrected chi connectivity index (χ4v) is 7.89. The molecule has 3 saturated carbocycles. The molecule has 0 saturated heterocycles. The fourth-order valence-electron chi connectivity index (χ4n) is 7.89. The second-order valence-corrected chi connectivity index (χ2v) is 9.48. The van der Waals surface area contributed by atoms with E-state index in [1.165, 1.54) is 69.8 Å². The van der Waals surface area contributed by atoms with Gasteiger partial charge >= 0.3 is 0 Å². The summed E-state index contributed by atoms with van der Waals surface area (Å²) in [7, 11) is 0. The van der Waals surface area contributed by atoms with Gasteiger partial charge in [-0.3, -0.25) is 0 Å². The van der Waals surface area contributed by atoms with Crippen molar-refractivity contribution < 1.29 is 0 Å². The number of hydrogen-bond donors (Lipinski definition) is 0. The minimum atomic E-state index is 0.551. The quantitative estimate of drug-likeness (QED) is 0.404. The van der Waals surface area contributed by atoms with E-state index in [1.54, 1.807) is 5.57 Å². The molecular weight excluding hydrogens is 348 g/mol. The van der Waals surface area contributed by atoms with Crippen LogP contribution in [-0.2, 0) is 0 Å². The maximum Gasteiger partial charge on any atom is -0.00534 e. The van der Waals surface area contributed by atoms with Gasteiger partial charge in [-0.1, -0.05) is 78.7 Å². The van der Waals surface area contributed by atoms with Crippen molar-refractivity contribution in [3.8, 4) is 0 Å². The highest BCUT2D eigenvalue weighted by Gasteiger charge is 2.58. The minimum absolute atomic E-state index is 0.551. The first-order valence-corrected chi connectivity index (χ1v) is 12.9. The van der Waals surface area contributed by atoms with Crippen LogP contribution >= 0.6 is 0 Å². The average molecular weight is 401 g/mol. The first kappa shape index (κ1) is 26.3. The van der Waals surface area contributed by atoms with E-state index in [9.17, 15) is 0 Å². The van der Waals surface area contributed by atoms with Crippen LogP contribution in [-0.4, -0.2) is 0 Å². The second kappa shape index (κ2) is 11.6. The largest absolute Gasteiger partial charge is 0.106 e. The third-order valence-corrected chi connectivity index (χ3v) is 9.12. The van der Waals surface area contributed by atoms with Gasteiger partial charge < -0.3 is 0 Å². The third kappa shape index (κ3) is 4.47. The van der Waals surface area contributed by atoms with Gasteiger partial charge in [-0.2, -0.15) is 0 Å². The summed E-state index contributed by atoms with van der Waals surface area (Å²) in [6, 6.07) is 0. The molecule has 29 heavy (non-hydrogen) atoms. The molecule has 0 spiro atoms. The van der Waals surface area contributed by atoms with E-state index in [2.05, 4.69) is 46.6 Å². The van der Waals surface area contributed by atoms with Gasteiger partial charge in [0.1, 0.15) is 0 Å². The van der Waals surface area contributed by atoms with Crippen molar-refractivity contribution in [1.29, 1.82) is 0 Å². The monoisotopic (exact) mass is 400 g/mol. The van der Waals surface area contributed by atoms with Crippen LogP contribution in [0.5, 0.6) is 0 Å². The minimum Gasteiger partial charge on any atom is -0.106 e. The lowest BCUT2D eigenvalue weighted by Gasteiger charge is -2.59. The average Bonchev–Trinajstić information content (AvgIpc) is 3.14. The lowest BCUT2D eigenvalue weighted by atomic mass is 9.45. The summed E-state index contributed by atoms with van der Waals surface area (Å²) >= 11 is 0. The summed E-state index contributed by atoms with van der Waals surface area (Å²) in [6.45, 7) is 25.9. The van der Waals surface area contributed by atoms with Gasteiger partial charge in [0.15, 0.2) is 0 Å². The Bertz CT molecular complexity index is 540. The summed E-state index contributed by atoms with van der Waals surface area (Å²) in [5.41, 5.74) is 4.42. The molecule has 0 aromatic carbocycles. The van der Waals surface area contributed by atoms with Crippen LogP contribution in [0.15, 0.2) is 37.0 Å². The molecule has 0 radical (unpaired) electrons. The topological polar surface area (TPSA) is 0 Å². The van der Waals surface area contributed by atoms with E-state index in [0.717, 1.165) is 23.7 Å². The Balaban J connectivity index is 0.000000644. The van der Waals surface area contributed by atoms with Gasteiger partial charge in [-0.05, 0) is 92.3 Å².